The van der Waals surface area contributed by atoms with Crippen molar-refractivity contribution in [3.05, 3.63) is 95.7 Å². The first kappa shape index (κ1) is 17.7. The van der Waals surface area contributed by atoms with Crippen LogP contribution in [0.4, 0.5) is 5.82 Å². The Morgan fingerprint density at radius 3 is 2.50 bits per heavy atom. The smallest absolute Gasteiger partial charge is 0.249 e. The minimum atomic E-state index is -0.193. The molecule has 4 nitrogen and oxygen atoms in total. The van der Waals surface area contributed by atoms with E-state index in [9.17, 15) is 4.79 Å². The molecule has 0 atom stereocenters. The van der Waals surface area contributed by atoms with Crippen molar-refractivity contribution in [3.8, 4) is 11.3 Å². The van der Waals surface area contributed by atoms with Crippen molar-refractivity contribution in [2.45, 2.75) is 13.8 Å². The maximum absolute atomic E-state index is 12.6. The van der Waals surface area contributed by atoms with Crippen LogP contribution >= 0.6 is 0 Å². The van der Waals surface area contributed by atoms with Gasteiger partial charge in [0.15, 0.2) is 0 Å². The van der Waals surface area contributed by atoms with Crippen LogP contribution in [0.15, 0.2) is 79.0 Å². The van der Waals surface area contributed by atoms with Crippen molar-refractivity contribution in [3.63, 3.8) is 0 Å². The second-order valence-corrected chi connectivity index (χ2v) is 6.79. The molecular weight excluding hydrogens is 346 g/mol. The van der Waals surface area contributed by atoms with Gasteiger partial charge in [-0.25, -0.2) is 4.98 Å². The molecule has 138 valence electrons. The van der Waals surface area contributed by atoms with E-state index in [-0.39, 0.29) is 5.91 Å². The average Bonchev–Trinajstić information content (AvgIpc) is 3.05. The highest BCUT2D eigenvalue weighted by Crippen LogP contribution is 2.31. The van der Waals surface area contributed by atoms with E-state index in [2.05, 4.69) is 5.32 Å². The van der Waals surface area contributed by atoms with Crippen molar-refractivity contribution >= 4 is 23.4 Å². The number of anilines is 1. The Hall–Kier alpha value is -3.66. The number of aromatic nitrogens is 2. The van der Waals surface area contributed by atoms with Gasteiger partial charge in [0, 0.05) is 17.8 Å². The van der Waals surface area contributed by atoms with Gasteiger partial charge in [0.1, 0.15) is 17.2 Å². The maximum Gasteiger partial charge on any atom is 0.249 e. The van der Waals surface area contributed by atoms with Gasteiger partial charge < -0.3 is 5.32 Å². The zero-order chi connectivity index (χ0) is 19.5. The standard InChI is InChI=1S/C24H21N3O/c1-17-12-14-21-25-23(20-11-7-6-8-18(20)2)24(27(21)16-17)26-22(28)15-13-19-9-4-3-5-10-19/h3-16H,1-2H3,(H,26,28). The minimum absolute atomic E-state index is 0.193. The van der Waals surface area contributed by atoms with Crippen molar-refractivity contribution in [1.82, 2.24) is 9.38 Å². The van der Waals surface area contributed by atoms with Crippen molar-refractivity contribution < 1.29 is 4.79 Å². The first-order valence-electron chi connectivity index (χ1n) is 9.20. The molecule has 1 amide bonds. The van der Waals surface area contributed by atoms with Crippen LogP contribution in [0, 0.1) is 13.8 Å². The molecule has 0 radical (unpaired) electrons. The van der Waals surface area contributed by atoms with E-state index in [1.807, 2.05) is 91.2 Å². The molecular formula is C24H21N3O. The van der Waals surface area contributed by atoms with Crippen LogP contribution in [0.3, 0.4) is 0 Å². The van der Waals surface area contributed by atoms with Gasteiger partial charge in [0.05, 0.1) is 0 Å². The fraction of sp³-hybridized carbons (Fsp3) is 0.0833. The van der Waals surface area contributed by atoms with Crippen molar-refractivity contribution in [2.75, 3.05) is 5.32 Å². The predicted octanol–water partition coefficient (Wildman–Crippen LogP) is 5.27. The highest BCUT2D eigenvalue weighted by Gasteiger charge is 2.17. The molecule has 0 aliphatic carbocycles. The Morgan fingerprint density at radius 1 is 0.964 bits per heavy atom. The molecule has 0 saturated carbocycles. The van der Waals surface area contributed by atoms with Gasteiger partial charge in [0.25, 0.3) is 0 Å². The zero-order valence-corrected chi connectivity index (χ0v) is 15.9. The molecule has 0 fully saturated rings. The summed E-state index contributed by atoms with van der Waals surface area (Å²) in [5.41, 5.74) is 5.75. The Morgan fingerprint density at radius 2 is 1.71 bits per heavy atom. The molecule has 1 N–H and O–H groups in total. The number of benzene rings is 2. The van der Waals surface area contributed by atoms with Gasteiger partial charge in [-0.2, -0.15) is 0 Å². The van der Waals surface area contributed by atoms with Gasteiger partial charge in [-0.05, 0) is 42.7 Å². The van der Waals surface area contributed by atoms with Crippen molar-refractivity contribution in [1.29, 1.82) is 0 Å². The normalized spacial score (nSPS) is 11.2. The number of amides is 1. The van der Waals surface area contributed by atoms with Crippen LogP contribution in [0.1, 0.15) is 16.7 Å². The van der Waals surface area contributed by atoms with Gasteiger partial charge in [-0.3, -0.25) is 9.20 Å². The number of rotatable bonds is 4. The molecule has 2 aromatic carbocycles. The van der Waals surface area contributed by atoms with E-state index in [4.69, 9.17) is 4.98 Å². The van der Waals surface area contributed by atoms with Crippen LogP contribution in [-0.2, 0) is 4.79 Å². The Kier molecular flexibility index (Phi) is 4.77. The Bertz CT molecular complexity index is 1170. The maximum atomic E-state index is 12.6. The first-order valence-corrected chi connectivity index (χ1v) is 9.20. The molecule has 0 unspecified atom stereocenters. The topological polar surface area (TPSA) is 46.4 Å². The molecule has 2 aromatic heterocycles. The number of aryl methyl sites for hydroxylation is 2. The number of hydrogen-bond donors (Lipinski definition) is 1. The molecule has 0 aliphatic heterocycles. The summed E-state index contributed by atoms with van der Waals surface area (Å²) in [5.74, 6) is 0.484. The zero-order valence-electron chi connectivity index (χ0n) is 15.9. The van der Waals surface area contributed by atoms with Crippen LogP contribution in [0.2, 0.25) is 0 Å². The summed E-state index contributed by atoms with van der Waals surface area (Å²) in [6.45, 7) is 4.07. The van der Waals surface area contributed by atoms with E-state index < -0.39 is 0 Å². The van der Waals surface area contributed by atoms with Crippen LogP contribution in [-0.4, -0.2) is 15.3 Å². The summed E-state index contributed by atoms with van der Waals surface area (Å²) in [6.07, 6.45) is 5.34. The number of nitrogens with zero attached hydrogens (tertiary/aromatic N) is 2. The second kappa shape index (κ2) is 7.53. The van der Waals surface area contributed by atoms with E-state index in [1.54, 1.807) is 12.2 Å². The van der Waals surface area contributed by atoms with Gasteiger partial charge in [-0.15, -0.1) is 0 Å². The second-order valence-electron chi connectivity index (χ2n) is 6.79. The summed E-state index contributed by atoms with van der Waals surface area (Å²) < 4.78 is 1.94. The van der Waals surface area contributed by atoms with E-state index in [1.165, 1.54) is 0 Å². The molecule has 0 aliphatic rings. The largest absolute Gasteiger partial charge is 0.306 e. The molecule has 0 saturated heterocycles. The lowest BCUT2D eigenvalue weighted by atomic mass is 10.1. The van der Waals surface area contributed by atoms with E-state index >= 15 is 0 Å². The number of carbonyl (C=O) groups excluding carboxylic acids is 1. The third-order valence-corrected chi connectivity index (χ3v) is 4.63. The Balaban J connectivity index is 1.75. The fourth-order valence-corrected chi connectivity index (χ4v) is 3.19. The van der Waals surface area contributed by atoms with E-state index in [0.29, 0.717) is 5.82 Å². The molecule has 0 spiro atoms. The molecule has 28 heavy (non-hydrogen) atoms. The number of hydrogen-bond acceptors (Lipinski definition) is 2. The molecule has 0 bridgehead atoms. The lowest BCUT2D eigenvalue weighted by molar-refractivity contribution is -0.111. The highest BCUT2D eigenvalue weighted by atomic mass is 16.1. The monoisotopic (exact) mass is 367 g/mol. The van der Waals surface area contributed by atoms with Crippen LogP contribution in [0.5, 0.6) is 0 Å². The minimum Gasteiger partial charge on any atom is -0.306 e. The van der Waals surface area contributed by atoms with Crippen LogP contribution < -0.4 is 5.32 Å². The number of pyridine rings is 1. The van der Waals surface area contributed by atoms with Crippen molar-refractivity contribution in [2.24, 2.45) is 0 Å². The third-order valence-electron chi connectivity index (χ3n) is 4.63. The van der Waals surface area contributed by atoms with Crippen LogP contribution in [0.25, 0.3) is 23.0 Å². The summed E-state index contributed by atoms with van der Waals surface area (Å²) in [5, 5.41) is 3.03. The average molecular weight is 367 g/mol. The summed E-state index contributed by atoms with van der Waals surface area (Å²) in [6, 6.07) is 21.8. The molecule has 4 aromatic rings. The number of fused-ring (bicyclic) bond motifs is 1. The third kappa shape index (κ3) is 3.58. The van der Waals surface area contributed by atoms with Gasteiger partial charge >= 0.3 is 0 Å². The molecule has 2 heterocycles. The molecule has 4 heteroatoms. The number of imidazole rings is 1. The summed E-state index contributed by atoms with van der Waals surface area (Å²) in [4.78, 5) is 17.4. The highest BCUT2D eigenvalue weighted by molar-refractivity contribution is 6.03. The quantitative estimate of drug-likeness (QED) is 0.500. The fourth-order valence-electron chi connectivity index (χ4n) is 3.19. The lowest BCUT2D eigenvalue weighted by Gasteiger charge is -2.08. The number of carbonyl (C=O) groups is 1. The Labute approximate surface area is 164 Å². The van der Waals surface area contributed by atoms with Gasteiger partial charge in [-0.1, -0.05) is 60.7 Å². The summed E-state index contributed by atoms with van der Waals surface area (Å²) >= 11 is 0. The first-order chi connectivity index (χ1) is 13.6. The predicted molar refractivity (Wildman–Crippen MR) is 114 cm³/mol. The summed E-state index contributed by atoms with van der Waals surface area (Å²) in [7, 11) is 0. The van der Waals surface area contributed by atoms with E-state index in [0.717, 1.165) is 33.6 Å². The van der Waals surface area contributed by atoms with Gasteiger partial charge in [0.2, 0.25) is 5.91 Å². The SMILES string of the molecule is Cc1ccc2nc(-c3ccccc3C)c(NC(=O)C=Cc3ccccc3)n2c1. The number of nitrogens with one attached hydrogen (secondary N) is 1. The lowest BCUT2D eigenvalue weighted by Crippen LogP contribution is -2.11. The molecule has 4 rings (SSSR count).